The van der Waals surface area contributed by atoms with Crippen LogP contribution in [0.2, 0.25) is 0 Å². The molecule has 0 saturated carbocycles. The van der Waals surface area contributed by atoms with E-state index in [1.165, 1.54) is 0 Å². The first-order chi connectivity index (χ1) is 8.40. The third kappa shape index (κ3) is 5.53. The van der Waals surface area contributed by atoms with Crippen LogP contribution in [0.15, 0.2) is 24.3 Å². The Hall–Kier alpha value is -1.76. The maximum atomic E-state index is 11.4. The van der Waals surface area contributed by atoms with Crippen LogP contribution in [-0.2, 0) is 9.84 Å². The summed E-state index contributed by atoms with van der Waals surface area (Å²) in [5.41, 5.74) is 0.604. The number of methoxy groups -OCH3 is 1. The Kier molecular flexibility index (Phi) is 4.96. The molecule has 2 N–H and O–H groups in total. The van der Waals surface area contributed by atoms with Gasteiger partial charge < -0.3 is 15.4 Å². The first kappa shape index (κ1) is 14.3. The number of sulfone groups is 1. The molecule has 0 spiro atoms. The molecule has 2 amide bonds. The van der Waals surface area contributed by atoms with Crippen molar-refractivity contribution in [2.24, 2.45) is 0 Å². The molecule has 0 bridgehead atoms. The predicted molar refractivity (Wildman–Crippen MR) is 69.7 cm³/mol. The van der Waals surface area contributed by atoms with Gasteiger partial charge in [-0.3, -0.25) is 0 Å². The van der Waals surface area contributed by atoms with Crippen molar-refractivity contribution < 1.29 is 17.9 Å². The van der Waals surface area contributed by atoms with E-state index >= 15 is 0 Å². The van der Waals surface area contributed by atoms with E-state index in [2.05, 4.69) is 10.6 Å². The van der Waals surface area contributed by atoms with Crippen molar-refractivity contribution in [2.45, 2.75) is 0 Å². The van der Waals surface area contributed by atoms with Crippen molar-refractivity contribution in [3.8, 4) is 5.75 Å². The fraction of sp³-hybridized carbons (Fsp3) is 0.364. The van der Waals surface area contributed by atoms with Gasteiger partial charge in [0, 0.05) is 18.5 Å². The van der Waals surface area contributed by atoms with Crippen LogP contribution in [0.3, 0.4) is 0 Å². The van der Waals surface area contributed by atoms with E-state index in [-0.39, 0.29) is 12.3 Å². The number of urea groups is 1. The first-order valence-corrected chi connectivity index (χ1v) is 7.33. The largest absolute Gasteiger partial charge is 0.497 e. The lowest BCUT2D eigenvalue weighted by Gasteiger charge is -2.07. The zero-order valence-corrected chi connectivity index (χ0v) is 11.1. The number of carbonyl (C=O) groups is 1. The number of hydrogen-bond acceptors (Lipinski definition) is 4. The van der Waals surface area contributed by atoms with E-state index in [0.29, 0.717) is 11.4 Å². The number of anilines is 1. The minimum Gasteiger partial charge on any atom is -0.497 e. The molecule has 0 heterocycles. The Morgan fingerprint density at radius 2 is 1.89 bits per heavy atom. The molecule has 7 heteroatoms. The third-order valence-corrected chi connectivity index (χ3v) is 3.05. The topological polar surface area (TPSA) is 84.5 Å². The summed E-state index contributed by atoms with van der Waals surface area (Å²) in [7, 11) is -1.50. The number of benzene rings is 1. The standard InChI is InChI=1S/C11H16N2O4S/c1-17-10-5-3-9(4-6-10)13-11(14)12-7-8-18(2,15)16/h3-6H,7-8H2,1-2H3,(H2,12,13,14). The molecular formula is C11H16N2O4S. The smallest absolute Gasteiger partial charge is 0.319 e. The fourth-order valence-electron chi connectivity index (χ4n) is 1.20. The second kappa shape index (κ2) is 6.25. The molecule has 0 aliphatic heterocycles. The summed E-state index contributed by atoms with van der Waals surface area (Å²) in [5, 5.41) is 5.03. The summed E-state index contributed by atoms with van der Waals surface area (Å²) in [6, 6.07) is 6.37. The maximum Gasteiger partial charge on any atom is 0.319 e. The van der Waals surface area contributed by atoms with Gasteiger partial charge in [0.1, 0.15) is 15.6 Å². The van der Waals surface area contributed by atoms with Gasteiger partial charge in [0.2, 0.25) is 0 Å². The number of rotatable bonds is 5. The number of ether oxygens (including phenoxy) is 1. The molecule has 0 saturated heterocycles. The number of carbonyl (C=O) groups excluding carboxylic acids is 1. The molecule has 0 aliphatic carbocycles. The molecule has 0 fully saturated rings. The quantitative estimate of drug-likeness (QED) is 0.832. The van der Waals surface area contributed by atoms with Gasteiger partial charge in [-0.15, -0.1) is 0 Å². The lowest BCUT2D eigenvalue weighted by Crippen LogP contribution is -2.32. The van der Waals surface area contributed by atoms with Gasteiger partial charge in [0.15, 0.2) is 0 Å². The number of nitrogens with one attached hydrogen (secondary N) is 2. The zero-order chi connectivity index (χ0) is 13.6. The highest BCUT2D eigenvalue weighted by atomic mass is 32.2. The fourth-order valence-corrected chi connectivity index (χ4v) is 1.67. The minimum absolute atomic E-state index is 0.0803. The van der Waals surface area contributed by atoms with Crippen LogP contribution in [0.5, 0.6) is 5.75 Å². The Morgan fingerprint density at radius 1 is 1.28 bits per heavy atom. The molecule has 1 aromatic rings. The minimum atomic E-state index is -3.06. The average molecular weight is 272 g/mol. The highest BCUT2D eigenvalue weighted by Gasteiger charge is 2.05. The monoisotopic (exact) mass is 272 g/mol. The van der Waals surface area contributed by atoms with Crippen molar-refractivity contribution >= 4 is 21.6 Å². The van der Waals surface area contributed by atoms with Gasteiger partial charge in [0.05, 0.1) is 12.9 Å². The van der Waals surface area contributed by atoms with Crippen LogP contribution in [-0.4, -0.2) is 40.1 Å². The van der Waals surface area contributed by atoms with Crippen LogP contribution >= 0.6 is 0 Å². The SMILES string of the molecule is COc1ccc(NC(=O)NCCS(C)(=O)=O)cc1. The average Bonchev–Trinajstić information content (AvgIpc) is 2.28. The summed E-state index contributed by atoms with van der Waals surface area (Å²) in [6.07, 6.45) is 1.12. The van der Waals surface area contributed by atoms with Crippen LogP contribution in [0.4, 0.5) is 10.5 Å². The second-order valence-electron chi connectivity index (χ2n) is 3.74. The molecule has 0 radical (unpaired) electrons. The molecule has 0 aliphatic rings. The normalized spacial score (nSPS) is 10.8. The van der Waals surface area contributed by atoms with E-state index in [1.807, 2.05) is 0 Å². The van der Waals surface area contributed by atoms with Gasteiger partial charge in [-0.05, 0) is 24.3 Å². The van der Waals surface area contributed by atoms with Crippen molar-refractivity contribution in [1.29, 1.82) is 0 Å². The summed E-state index contributed by atoms with van der Waals surface area (Å²) in [6.45, 7) is 0.0841. The zero-order valence-electron chi connectivity index (χ0n) is 10.3. The van der Waals surface area contributed by atoms with Crippen LogP contribution in [0, 0.1) is 0 Å². The van der Waals surface area contributed by atoms with E-state index in [9.17, 15) is 13.2 Å². The maximum absolute atomic E-state index is 11.4. The molecule has 1 rings (SSSR count). The first-order valence-electron chi connectivity index (χ1n) is 5.27. The Morgan fingerprint density at radius 3 is 2.39 bits per heavy atom. The number of hydrogen-bond donors (Lipinski definition) is 2. The number of amides is 2. The lowest BCUT2D eigenvalue weighted by molar-refractivity contribution is 0.252. The van der Waals surface area contributed by atoms with Gasteiger partial charge >= 0.3 is 6.03 Å². The van der Waals surface area contributed by atoms with Crippen LogP contribution in [0.25, 0.3) is 0 Å². The van der Waals surface area contributed by atoms with Crippen molar-refractivity contribution in [3.63, 3.8) is 0 Å². The molecule has 6 nitrogen and oxygen atoms in total. The summed E-state index contributed by atoms with van der Waals surface area (Å²) < 4.78 is 26.7. The van der Waals surface area contributed by atoms with E-state index in [4.69, 9.17) is 4.74 Å². The van der Waals surface area contributed by atoms with Gasteiger partial charge in [-0.1, -0.05) is 0 Å². The predicted octanol–water partition coefficient (Wildman–Crippen LogP) is 0.861. The van der Waals surface area contributed by atoms with Crippen molar-refractivity contribution in [1.82, 2.24) is 5.32 Å². The van der Waals surface area contributed by atoms with Crippen LogP contribution in [0.1, 0.15) is 0 Å². The van der Waals surface area contributed by atoms with E-state index in [1.54, 1.807) is 31.4 Å². The highest BCUT2D eigenvalue weighted by Crippen LogP contribution is 2.14. The molecule has 0 atom stereocenters. The molecule has 1 aromatic carbocycles. The summed E-state index contributed by atoms with van der Waals surface area (Å²) >= 11 is 0. The summed E-state index contributed by atoms with van der Waals surface area (Å²) in [5.74, 6) is 0.612. The Labute approximate surface area is 106 Å². The van der Waals surface area contributed by atoms with Crippen molar-refractivity contribution in [2.75, 3.05) is 31.0 Å². The molecule has 0 unspecified atom stereocenters. The van der Waals surface area contributed by atoms with E-state index < -0.39 is 15.9 Å². The van der Waals surface area contributed by atoms with Crippen LogP contribution < -0.4 is 15.4 Å². The van der Waals surface area contributed by atoms with Crippen molar-refractivity contribution in [3.05, 3.63) is 24.3 Å². The van der Waals surface area contributed by atoms with E-state index in [0.717, 1.165) is 6.26 Å². The second-order valence-corrected chi connectivity index (χ2v) is 6.00. The Bertz CT molecular complexity index is 496. The molecular weight excluding hydrogens is 256 g/mol. The lowest BCUT2D eigenvalue weighted by atomic mass is 10.3. The van der Waals surface area contributed by atoms with Gasteiger partial charge in [0.25, 0.3) is 0 Å². The molecule has 18 heavy (non-hydrogen) atoms. The highest BCUT2D eigenvalue weighted by molar-refractivity contribution is 7.90. The summed E-state index contributed by atoms with van der Waals surface area (Å²) in [4.78, 5) is 11.4. The Balaban J connectivity index is 2.39. The molecule has 0 aromatic heterocycles. The van der Waals surface area contributed by atoms with Gasteiger partial charge in [-0.2, -0.15) is 0 Å². The third-order valence-electron chi connectivity index (χ3n) is 2.11. The molecule has 100 valence electrons. The van der Waals surface area contributed by atoms with Gasteiger partial charge in [-0.25, -0.2) is 13.2 Å².